The summed E-state index contributed by atoms with van der Waals surface area (Å²) in [5.74, 6) is 2.41. The Bertz CT molecular complexity index is 1290. The standard InChI is InChI=1S/C23H32N8O5S/c1-23(2)35-17-7-6-16(12-18(17)36-23)14-25-28-19-13-21(31-8-10-34-11-9-31)27-20(26-19)15-24-22(30(3)4)29-37(5,32)33/h6-7,12-14H,8-11,15H2,1-5H3,(H,24,29)(H,26,27,28)/b25-14+. The number of anilines is 2. The van der Waals surface area contributed by atoms with Gasteiger partial charge in [-0.2, -0.15) is 5.10 Å². The molecule has 2 aliphatic rings. The summed E-state index contributed by atoms with van der Waals surface area (Å²) in [5.41, 5.74) is 3.79. The summed E-state index contributed by atoms with van der Waals surface area (Å²) in [6.07, 6.45) is 2.73. The molecule has 0 spiro atoms. The highest BCUT2D eigenvalue weighted by atomic mass is 32.2. The van der Waals surface area contributed by atoms with Crippen LogP contribution in [0.15, 0.2) is 34.4 Å². The summed E-state index contributed by atoms with van der Waals surface area (Å²) in [6, 6.07) is 7.38. The fraction of sp³-hybridized carbons (Fsp3) is 0.478. The van der Waals surface area contributed by atoms with Crippen LogP contribution in [-0.2, 0) is 21.3 Å². The number of fused-ring (bicyclic) bond motifs is 1. The molecule has 14 heteroatoms. The summed E-state index contributed by atoms with van der Waals surface area (Å²) in [6.45, 7) is 6.34. The van der Waals surface area contributed by atoms with Gasteiger partial charge in [0.25, 0.3) is 0 Å². The number of nitrogens with one attached hydrogen (secondary N) is 2. The quantitative estimate of drug-likeness (QED) is 0.304. The normalized spacial score (nSPS) is 17.2. The van der Waals surface area contributed by atoms with Crippen LogP contribution in [0.3, 0.4) is 0 Å². The predicted molar refractivity (Wildman–Crippen MR) is 141 cm³/mol. The number of morpholine rings is 1. The van der Waals surface area contributed by atoms with Gasteiger partial charge in [0.2, 0.25) is 21.8 Å². The molecule has 1 aromatic carbocycles. The van der Waals surface area contributed by atoms with Crippen LogP contribution >= 0.6 is 0 Å². The molecule has 0 radical (unpaired) electrons. The van der Waals surface area contributed by atoms with E-state index in [-0.39, 0.29) is 12.5 Å². The Hall–Kier alpha value is -3.65. The van der Waals surface area contributed by atoms with Crippen LogP contribution in [0.1, 0.15) is 25.2 Å². The lowest BCUT2D eigenvalue weighted by Crippen LogP contribution is -2.39. The van der Waals surface area contributed by atoms with E-state index in [0.717, 1.165) is 11.8 Å². The first-order valence-electron chi connectivity index (χ1n) is 11.7. The Labute approximate surface area is 216 Å². The molecule has 1 saturated heterocycles. The van der Waals surface area contributed by atoms with Crippen LogP contribution in [-0.4, -0.2) is 87.9 Å². The SMILES string of the molecule is CN(C)C(=NCc1nc(N/N=C/c2ccc3c(c2)OC(C)(C)O3)cc(N2CCOCC2)n1)NS(C)(=O)=O. The van der Waals surface area contributed by atoms with Gasteiger partial charge in [-0.05, 0) is 23.8 Å². The topological polar surface area (TPSA) is 143 Å². The summed E-state index contributed by atoms with van der Waals surface area (Å²) < 4.78 is 42.8. The van der Waals surface area contributed by atoms with Crippen molar-refractivity contribution >= 4 is 33.8 Å². The van der Waals surface area contributed by atoms with Crippen molar-refractivity contribution in [2.75, 3.05) is 57.0 Å². The number of guanidine groups is 1. The van der Waals surface area contributed by atoms with Gasteiger partial charge in [-0.3, -0.25) is 10.1 Å². The Morgan fingerprint density at radius 1 is 1.16 bits per heavy atom. The highest BCUT2D eigenvalue weighted by Crippen LogP contribution is 2.39. The molecule has 2 aliphatic heterocycles. The molecule has 0 unspecified atom stereocenters. The fourth-order valence-corrected chi connectivity index (χ4v) is 4.21. The maximum atomic E-state index is 11.7. The van der Waals surface area contributed by atoms with Gasteiger partial charge in [0.05, 0.1) is 25.7 Å². The third-order valence-electron chi connectivity index (χ3n) is 5.24. The zero-order valence-electron chi connectivity index (χ0n) is 21.6. The van der Waals surface area contributed by atoms with Gasteiger partial charge in [0, 0.05) is 47.1 Å². The number of rotatable bonds is 7. The molecule has 2 aromatic rings. The molecule has 4 rings (SSSR count). The molecule has 13 nitrogen and oxygen atoms in total. The molecular weight excluding hydrogens is 500 g/mol. The van der Waals surface area contributed by atoms with Crippen LogP contribution in [0.5, 0.6) is 11.5 Å². The molecule has 3 heterocycles. The second-order valence-electron chi connectivity index (χ2n) is 9.22. The molecule has 200 valence electrons. The van der Waals surface area contributed by atoms with Gasteiger partial charge in [-0.1, -0.05) is 0 Å². The van der Waals surface area contributed by atoms with Crippen LogP contribution in [0.4, 0.5) is 11.6 Å². The van der Waals surface area contributed by atoms with Crippen molar-refractivity contribution in [2.45, 2.75) is 26.2 Å². The van der Waals surface area contributed by atoms with Crippen LogP contribution in [0, 0.1) is 0 Å². The Balaban J connectivity index is 1.54. The summed E-state index contributed by atoms with van der Waals surface area (Å²) in [5, 5.41) is 4.33. The largest absolute Gasteiger partial charge is 0.449 e. The molecule has 37 heavy (non-hydrogen) atoms. The predicted octanol–water partition coefficient (Wildman–Crippen LogP) is 1.23. The van der Waals surface area contributed by atoms with Crippen LogP contribution in [0.25, 0.3) is 0 Å². The van der Waals surface area contributed by atoms with E-state index in [4.69, 9.17) is 14.2 Å². The van der Waals surface area contributed by atoms with E-state index in [1.165, 1.54) is 0 Å². The number of nitrogens with zero attached hydrogens (tertiary/aromatic N) is 6. The third kappa shape index (κ3) is 7.43. The second-order valence-corrected chi connectivity index (χ2v) is 11.0. The van der Waals surface area contributed by atoms with Crippen molar-refractivity contribution in [3.05, 3.63) is 35.7 Å². The number of aromatic nitrogens is 2. The van der Waals surface area contributed by atoms with Crippen LogP contribution < -0.4 is 24.5 Å². The van der Waals surface area contributed by atoms with Crippen molar-refractivity contribution in [3.63, 3.8) is 0 Å². The number of aliphatic imine (C=N–C) groups is 1. The average molecular weight is 533 g/mol. The number of hydrazone groups is 1. The zero-order valence-corrected chi connectivity index (χ0v) is 22.4. The number of hydrogen-bond acceptors (Lipinski definition) is 11. The average Bonchev–Trinajstić information content (AvgIpc) is 3.14. The van der Waals surface area contributed by atoms with E-state index in [1.54, 1.807) is 31.3 Å². The van der Waals surface area contributed by atoms with E-state index in [1.807, 2.05) is 32.0 Å². The fourth-order valence-electron chi connectivity index (χ4n) is 3.63. The van der Waals surface area contributed by atoms with Gasteiger partial charge in [0.1, 0.15) is 12.4 Å². The Morgan fingerprint density at radius 3 is 2.59 bits per heavy atom. The number of sulfonamides is 1. The van der Waals surface area contributed by atoms with Gasteiger partial charge in [-0.15, -0.1) is 0 Å². The minimum Gasteiger partial charge on any atom is -0.449 e. The third-order valence-corrected chi connectivity index (χ3v) is 5.79. The zero-order chi connectivity index (χ0) is 26.6. The monoisotopic (exact) mass is 532 g/mol. The summed E-state index contributed by atoms with van der Waals surface area (Å²) in [4.78, 5) is 17.2. The summed E-state index contributed by atoms with van der Waals surface area (Å²) in [7, 11) is -0.0981. The van der Waals surface area contributed by atoms with Crippen molar-refractivity contribution < 1.29 is 22.6 Å². The number of hydrogen-bond donors (Lipinski definition) is 2. The molecule has 1 aromatic heterocycles. The maximum absolute atomic E-state index is 11.7. The van der Waals surface area contributed by atoms with Gasteiger partial charge in [0.15, 0.2) is 23.1 Å². The first-order chi connectivity index (χ1) is 17.5. The van der Waals surface area contributed by atoms with Crippen molar-refractivity contribution in [3.8, 4) is 11.5 Å². The van der Waals surface area contributed by atoms with Crippen molar-refractivity contribution in [1.82, 2.24) is 19.6 Å². The minimum absolute atomic E-state index is 0.0601. The smallest absolute Gasteiger partial charge is 0.246 e. The minimum atomic E-state index is -3.49. The Morgan fingerprint density at radius 2 is 1.89 bits per heavy atom. The van der Waals surface area contributed by atoms with E-state index in [2.05, 4.69) is 35.1 Å². The summed E-state index contributed by atoms with van der Waals surface area (Å²) >= 11 is 0. The van der Waals surface area contributed by atoms with E-state index in [9.17, 15) is 8.42 Å². The lowest BCUT2D eigenvalue weighted by atomic mass is 10.2. The molecule has 0 amide bonds. The lowest BCUT2D eigenvalue weighted by molar-refractivity contribution is -0.0431. The van der Waals surface area contributed by atoms with Gasteiger partial charge < -0.3 is 24.0 Å². The molecule has 0 bridgehead atoms. The molecule has 0 atom stereocenters. The van der Waals surface area contributed by atoms with Crippen molar-refractivity contribution in [2.24, 2.45) is 10.1 Å². The van der Waals surface area contributed by atoms with Crippen LogP contribution in [0.2, 0.25) is 0 Å². The maximum Gasteiger partial charge on any atom is 0.246 e. The van der Waals surface area contributed by atoms with Gasteiger partial charge >= 0.3 is 0 Å². The van der Waals surface area contributed by atoms with Gasteiger partial charge in [-0.25, -0.2) is 23.4 Å². The molecule has 0 saturated carbocycles. The van der Waals surface area contributed by atoms with E-state index >= 15 is 0 Å². The second kappa shape index (κ2) is 10.8. The number of benzene rings is 1. The highest BCUT2D eigenvalue weighted by Gasteiger charge is 2.31. The molecule has 1 fully saturated rings. The molecular formula is C23H32N8O5S. The van der Waals surface area contributed by atoms with E-state index < -0.39 is 15.8 Å². The molecule has 2 N–H and O–H groups in total. The van der Waals surface area contributed by atoms with E-state index in [0.29, 0.717) is 55.3 Å². The first kappa shape index (κ1) is 26.4. The molecule has 0 aliphatic carbocycles. The first-order valence-corrected chi connectivity index (χ1v) is 13.6. The van der Waals surface area contributed by atoms with Crippen molar-refractivity contribution in [1.29, 1.82) is 0 Å². The Kier molecular flexibility index (Phi) is 7.68. The number of ether oxygens (including phenoxy) is 3. The highest BCUT2D eigenvalue weighted by molar-refractivity contribution is 7.89. The lowest BCUT2D eigenvalue weighted by Gasteiger charge is -2.28.